The van der Waals surface area contributed by atoms with E-state index in [-0.39, 0.29) is 10.6 Å². The number of benzene rings is 2. The molecule has 1 aliphatic rings. The van der Waals surface area contributed by atoms with Crippen LogP contribution in [0.5, 0.6) is 5.75 Å². The second kappa shape index (κ2) is 7.25. The van der Waals surface area contributed by atoms with Crippen LogP contribution in [-0.2, 0) is 10.0 Å². The number of amidine groups is 1. The summed E-state index contributed by atoms with van der Waals surface area (Å²) < 4.78 is 27.3. The number of aromatic hydroxyl groups is 1. The van der Waals surface area contributed by atoms with Crippen molar-refractivity contribution in [2.24, 2.45) is 9.98 Å². The van der Waals surface area contributed by atoms with Gasteiger partial charge in [-0.15, -0.1) is 0 Å². The molecule has 2 N–H and O–H groups in total. The SMILES string of the molecule is O=S(=O)(NC1=NCCC1)c1cccc(N=Cc2cc(Cl)ccc2O)c1. The van der Waals surface area contributed by atoms with Crippen molar-refractivity contribution in [1.82, 2.24) is 4.72 Å². The van der Waals surface area contributed by atoms with Gasteiger partial charge in [-0.05, 0) is 42.8 Å². The zero-order valence-corrected chi connectivity index (χ0v) is 14.8. The predicted octanol–water partition coefficient (Wildman–Crippen LogP) is 3.27. The number of phenols is 1. The van der Waals surface area contributed by atoms with Crippen molar-refractivity contribution in [2.45, 2.75) is 17.7 Å². The van der Waals surface area contributed by atoms with E-state index in [9.17, 15) is 13.5 Å². The molecule has 6 nitrogen and oxygen atoms in total. The normalized spacial score (nSPS) is 14.7. The average Bonchev–Trinajstić information content (AvgIpc) is 3.08. The van der Waals surface area contributed by atoms with Crippen LogP contribution in [0.4, 0.5) is 5.69 Å². The largest absolute Gasteiger partial charge is 0.507 e. The minimum absolute atomic E-state index is 0.0397. The molecular formula is C17H16ClN3O3S. The first kappa shape index (κ1) is 17.4. The fourth-order valence-corrected chi connectivity index (χ4v) is 3.65. The molecule has 1 aliphatic heterocycles. The molecule has 0 radical (unpaired) electrons. The second-order valence-electron chi connectivity index (χ2n) is 5.50. The first-order chi connectivity index (χ1) is 11.9. The Bertz CT molecular complexity index is 955. The summed E-state index contributed by atoms with van der Waals surface area (Å²) in [5.41, 5.74) is 0.884. The minimum Gasteiger partial charge on any atom is -0.507 e. The third kappa shape index (κ3) is 4.37. The highest BCUT2D eigenvalue weighted by Gasteiger charge is 2.18. The van der Waals surface area contributed by atoms with Crippen LogP contribution in [0.3, 0.4) is 0 Å². The molecular weight excluding hydrogens is 362 g/mol. The number of phenolic OH excluding ortho intramolecular Hbond substituents is 1. The van der Waals surface area contributed by atoms with E-state index in [0.717, 1.165) is 6.42 Å². The first-order valence-electron chi connectivity index (χ1n) is 7.63. The van der Waals surface area contributed by atoms with Crippen molar-refractivity contribution in [3.05, 3.63) is 53.1 Å². The molecule has 0 unspecified atom stereocenters. The van der Waals surface area contributed by atoms with Crippen LogP contribution < -0.4 is 4.72 Å². The van der Waals surface area contributed by atoms with Crippen molar-refractivity contribution < 1.29 is 13.5 Å². The van der Waals surface area contributed by atoms with Crippen molar-refractivity contribution in [3.63, 3.8) is 0 Å². The standard InChI is InChI=1S/C17H16ClN3O3S/c18-13-6-7-16(22)12(9-13)11-20-14-3-1-4-15(10-14)25(23,24)21-17-5-2-8-19-17/h1,3-4,6-7,9-11,22H,2,5,8H2,(H,19,21). The Morgan fingerprint density at radius 2 is 2.08 bits per heavy atom. The Morgan fingerprint density at radius 1 is 1.24 bits per heavy atom. The molecule has 25 heavy (non-hydrogen) atoms. The summed E-state index contributed by atoms with van der Waals surface area (Å²) in [7, 11) is -3.69. The first-order valence-corrected chi connectivity index (χ1v) is 9.49. The van der Waals surface area contributed by atoms with E-state index < -0.39 is 10.0 Å². The van der Waals surface area contributed by atoms with E-state index in [0.29, 0.717) is 35.1 Å². The topological polar surface area (TPSA) is 91.1 Å². The summed E-state index contributed by atoms with van der Waals surface area (Å²) in [6.45, 7) is 0.644. The quantitative estimate of drug-likeness (QED) is 0.801. The van der Waals surface area contributed by atoms with Crippen molar-refractivity contribution in [3.8, 4) is 5.75 Å². The van der Waals surface area contributed by atoms with Gasteiger partial charge in [0.2, 0.25) is 0 Å². The maximum Gasteiger partial charge on any atom is 0.262 e. The lowest BCUT2D eigenvalue weighted by molar-refractivity contribution is 0.474. The second-order valence-corrected chi connectivity index (χ2v) is 7.61. The monoisotopic (exact) mass is 377 g/mol. The third-order valence-corrected chi connectivity index (χ3v) is 5.21. The van der Waals surface area contributed by atoms with Gasteiger partial charge in [0, 0.05) is 29.8 Å². The van der Waals surface area contributed by atoms with Gasteiger partial charge < -0.3 is 5.11 Å². The van der Waals surface area contributed by atoms with Crippen LogP contribution in [0, 0.1) is 0 Å². The Balaban J connectivity index is 1.83. The van der Waals surface area contributed by atoms with Crippen LogP contribution in [-0.4, -0.2) is 32.1 Å². The zero-order chi connectivity index (χ0) is 17.9. The number of hydrogen-bond acceptors (Lipinski definition) is 5. The van der Waals surface area contributed by atoms with E-state index in [1.807, 2.05) is 0 Å². The number of sulfonamides is 1. The van der Waals surface area contributed by atoms with Gasteiger partial charge in [-0.25, -0.2) is 8.42 Å². The fourth-order valence-electron chi connectivity index (χ4n) is 2.34. The van der Waals surface area contributed by atoms with Gasteiger partial charge in [0.05, 0.1) is 10.6 Å². The molecule has 2 aromatic rings. The maximum absolute atomic E-state index is 12.4. The van der Waals surface area contributed by atoms with Crippen LogP contribution >= 0.6 is 11.6 Å². The summed E-state index contributed by atoms with van der Waals surface area (Å²) in [4.78, 5) is 8.44. The predicted molar refractivity (Wildman–Crippen MR) is 98.7 cm³/mol. The average molecular weight is 378 g/mol. The van der Waals surface area contributed by atoms with Crippen molar-refractivity contribution >= 4 is 39.4 Å². The van der Waals surface area contributed by atoms with Gasteiger partial charge in [0.15, 0.2) is 0 Å². The smallest absolute Gasteiger partial charge is 0.262 e. The Morgan fingerprint density at radius 3 is 2.84 bits per heavy atom. The molecule has 0 aromatic heterocycles. The lowest BCUT2D eigenvalue weighted by Gasteiger charge is -2.08. The molecule has 3 rings (SSSR count). The Labute approximate surface area is 151 Å². The number of nitrogens with zero attached hydrogens (tertiary/aromatic N) is 2. The molecule has 0 saturated carbocycles. The summed E-state index contributed by atoms with van der Waals surface area (Å²) in [6, 6.07) is 10.8. The molecule has 0 amide bonds. The highest BCUT2D eigenvalue weighted by Crippen LogP contribution is 2.22. The molecule has 8 heteroatoms. The zero-order valence-electron chi connectivity index (χ0n) is 13.2. The number of rotatable bonds is 4. The van der Waals surface area contributed by atoms with E-state index >= 15 is 0 Å². The summed E-state index contributed by atoms with van der Waals surface area (Å²) in [5.74, 6) is 0.524. The molecule has 1 heterocycles. The summed E-state index contributed by atoms with van der Waals surface area (Å²) in [5, 5.41) is 10.3. The lowest BCUT2D eigenvalue weighted by Crippen LogP contribution is -2.29. The molecule has 0 fully saturated rings. The fraction of sp³-hybridized carbons (Fsp3) is 0.176. The molecule has 0 spiro atoms. The number of nitrogens with one attached hydrogen (secondary N) is 1. The van der Waals surface area contributed by atoms with Gasteiger partial charge in [0.1, 0.15) is 11.6 Å². The van der Waals surface area contributed by atoms with Crippen LogP contribution in [0.1, 0.15) is 18.4 Å². The van der Waals surface area contributed by atoms with Gasteiger partial charge in [-0.3, -0.25) is 14.7 Å². The van der Waals surface area contributed by atoms with E-state index in [2.05, 4.69) is 14.7 Å². The highest BCUT2D eigenvalue weighted by atomic mass is 35.5. The maximum atomic E-state index is 12.4. The van der Waals surface area contributed by atoms with E-state index in [4.69, 9.17) is 11.6 Å². The molecule has 0 saturated heterocycles. The minimum atomic E-state index is -3.69. The molecule has 0 atom stereocenters. The van der Waals surface area contributed by atoms with Gasteiger partial charge >= 0.3 is 0 Å². The van der Waals surface area contributed by atoms with Gasteiger partial charge in [-0.2, -0.15) is 0 Å². The van der Waals surface area contributed by atoms with Crippen molar-refractivity contribution in [2.75, 3.05) is 6.54 Å². The van der Waals surface area contributed by atoms with Crippen LogP contribution in [0.2, 0.25) is 5.02 Å². The summed E-state index contributed by atoms with van der Waals surface area (Å²) in [6.07, 6.45) is 2.91. The lowest BCUT2D eigenvalue weighted by atomic mass is 10.2. The molecule has 2 aromatic carbocycles. The number of halogens is 1. The van der Waals surface area contributed by atoms with E-state index in [1.54, 1.807) is 24.3 Å². The number of aliphatic imine (C=N–C) groups is 2. The third-order valence-electron chi connectivity index (χ3n) is 3.60. The van der Waals surface area contributed by atoms with Crippen LogP contribution in [0.25, 0.3) is 0 Å². The Hall–Kier alpha value is -2.38. The molecule has 0 bridgehead atoms. The van der Waals surface area contributed by atoms with E-state index in [1.165, 1.54) is 24.4 Å². The highest BCUT2D eigenvalue weighted by molar-refractivity contribution is 7.90. The number of hydrogen-bond donors (Lipinski definition) is 2. The van der Waals surface area contributed by atoms with Crippen molar-refractivity contribution in [1.29, 1.82) is 0 Å². The van der Waals surface area contributed by atoms with Crippen LogP contribution in [0.15, 0.2) is 57.3 Å². The van der Waals surface area contributed by atoms with Gasteiger partial charge in [0.25, 0.3) is 10.0 Å². The molecule has 130 valence electrons. The Kier molecular flexibility index (Phi) is 5.06. The molecule has 0 aliphatic carbocycles. The van der Waals surface area contributed by atoms with Gasteiger partial charge in [-0.1, -0.05) is 17.7 Å². The summed E-state index contributed by atoms with van der Waals surface area (Å²) >= 11 is 5.89.